The van der Waals surface area contributed by atoms with Gasteiger partial charge in [0.15, 0.2) is 0 Å². The Kier molecular flexibility index (Phi) is 3.69. The van der Waals surface area contributed by atoms with Crippen LogP contribution in [0.3, 0.4) is 0 Å². The van der Waals surface area contributed by atoms with Crippen LogP contribution < -0.4 is 0 Å². The van der Waals surface area contributed by atoms with Crippen molar-refractivity contribution in [3.63, 3.8) is 0 Å². The molecule has 1 heteroatoms. The van der Waals surface area contributed by atoms with Crippen molar-refractivity contribution in [2.24, 2.45) is 0 Å². The Bertz CT molecular complexity index is 223. The van der Waals surface area contributed by atoms with Crippen LogP contribution >= 0.6 is 11.6 Å². The zero-order valence-electron chi connectivity index (χ0n) is 7.57. The first-order valence-electron chi connectivity index (χ1n) is 4.56. The van der Waals surface area contributed by atoms with Gasteiger partial charge in [0.1, 0.15) is 0 Å². The highest BCUT2D eigenvalue weighted by molar-refractivity contribution is 6.25. The smallest absolute Gasteiger partial charge is 0.0448 e. The van der Waals surface area contributed by atoms with Crippen LogP contribution in [0.1, 0.15) is 39.0 Å². The van der Waals surface area contributed by atoms with E-state index in [4.69, 9.17) is 11.6 Å². The number of allylic oxidation sites excluding steroid dienone is 2. The van der Waals surface area contributed by atoms with E-state index < -0.39 is 0 Å². The summed E-state index contributed by atoms with van der Waals surface area (Å²) in [6, 6.07) is 0. The quantitative estimate of drug-likeness (QED) is 0.352. The summed E-state index contributed by atoms with van der Waals surface area (Å²) in [5, 5.41) is 0. The van der Waals surface area contributed by atoms with E-state index in [0.29, 0.717) is 0 Å². The average Bonchev–Trinajstić information content (AvgIpc) is 2.77. The molecule has 66 valence electrons. The second kappa shape index (κ2) is 4.58. The largest absolute Gasteiger partial charge is 0.119 e. The number of halogens is 1. The minimum absolute atomic E-state index is 0.193. The van der Waals surface area contributed by atoms with Crippen molar-refractivity contribution < 1.29 is 0 Å². The van der Waals surface area contributed by atoms with Gasteiger partial charge < -0.3 is 0 Å². The molecular weight excluding hydrogens is 168 g/mol. The fourth-order valence-corrected chi connectivity index (χ4v) is 1.35. The molecular formula is C11H15Cl. The highest BCUT2D eigenvalue weighted by Gasteiger charge is 2.39. The van der Waals surface area contributed by atoms with Crippen molar-refractivity contribution in [3.8, 4) is 0 Å². The molecule has 0 aromatic carbocycles. The number of rotatable bonds is 4. The van der Waals surface area contributed by atoms with Crippen molar-refractivity contribution in [1.29, 1.82) is 0 Å². The van der Waals surface area contributed by atoms with Gasteiger partial charge in [-0.2, -0.15) is 0 Å². The molecule has 0 aromatic rings. The van der Waals surface area contributed by atoms with Gasteiger partial charge in [-0.05, 0) is 51.2 Å². The molecule has 0 aliphatic heterocycles. The molecule has 1 aliphatic carbocycles. The molecule has 0 heterocycles. The Morgan fingerprint density at radius 1 is 1.42 bits per heavy atom. The van der Waals surface area contributed by atoms with Gasteiger partial charge in [-0.15, -0.1) is 11.6 Å². The van der Waals surface area contributed by atoms with Gasteiger partial charge in [-0.25, -0.2) is 0 Å². The molecule has 0 amide bonds. The third kappa shape index (κ3) is 3.83. The number of alkyl halides is 1. The van der Waals surface area contributed by atoms with Crippen LogP contribution in [0, 0.1) is 0 Å². The van der Waals surface area contributed by atoms with Gasteiger partial charge in [0.25, 0.3) is 0 Å². The summed E-state index contributed by atoms with van der Waals surface area (Å²) in [7, 11) is 0. The maximum atomic E-state index is 6.13. The fraction of sp³-hybridized carbons (Fsp3) is 0.636. The highest BCUT2D eigenvalue weighted by atomic mass is 35.5. The van der Waals surface area contributed by atoms with Crippen LogP contribution in [0.4, 0.5) is 0 Å². The van der Waals surface area contributed by atoms with E-state index in [1.807, 2.05) is 19.1 Å². The first-order valence-corrected chi connectivity index (χ1v) is 4.94. The normalized spacial score (nSPS) is 17.5. The predicted molar refractivity (Wildman–Crippen MR) is 53.5 cm³/mol. The zero-order chi connectivity index (χ0) is 8.86. The Labute approximate surface area is 79.6 Å². The number of unbranched alkanes of at least 4 members (excludes halogenated alkanes) is 1. The molecule has 0 unspecified atom stereocenters. The van der Waals surface area contributed by atoms with Crippen molar-refractivity contribution in [3.05, 3.63) is 23.6 Å². The monoisotopic (exact) mass is 182 g/mol. The second-order valence-electron chi connectivity index (χ2n) is 3.32. The summed E-state index contributed by atoms with van der Waals surface area (Å²) >= 11 is 6.13. The lowest BCUT2D eigenvalue weighted by atomic mass is 10.2. The van der Waals surface area contributed by atoms with E-state index >= 15 is 0 Å². The average molecular weight is 183 g/mol. The lowest BCUT2D eigenvalue weighted by Gasteiger charge is -2.01. The van der Waals surface area contributed by atoms with E-state index in [2.05, 4.69) is 11.5 Å². The van der Waals surface area contributed by atoms with Gasteiger partial charge in [-0.3, -0.25) is 0 Å². The van der Waals surface area contributed by atoms with Crippen LogP contribution in [0.2, 0.25) is 0 Å². The molecule has 0 spiro atoms. The fourth-order valence-electron chi connectivity index (χ4n) is 1.12. The van der Waals surface area contributed by atoms with Gasteiger partial charge in [-0.1, -0.05) is 11.5 Å². The minimum Gasteiger partial charge on any atom is -0.119 e. The lowest BCUT2D eigenvalue weighted by molar-refractivity contribution is 0.702. The molecule has 0 saturated heterocycles. The Morgan fingerprint density at radius 2 is 2.17 bits per heavy atom. The Morgan fingerprint density at radius 3 is 2.75 bits per heavy atom. The number of hydrogen-bond donors (Lipinski definition) is 0. The summed E-state index contributed by atoms with van der Waals surface area (Å²) in [6.07, 6.45) is 9.73. The zero-order valence-corrected chi connectivity index (χ0v) is 8.32. The molecule has 1 fully saturated rings. The van der Waals surface area contributed by atoms with Gasteiger partial charge in [0.05, 0.1) is 0 Å². The molecule has 0 atom stereocenters. The van der Waals surface area contributed by atoms with Crippen molar-refractivity contribution >= 4 is 11.6 Å². The molecule has 0 radical (unpaired) electrons. The molecule has 12 heavy (non-hydrogen) atoms. The molecule has 1 rings (SSSR count). The number of hydrogen-bond acceptors (Lipinski definition) is 0. The maximum Gasteiger partial charge on any atom is 0.0448 e. The van der Waals surface area contributed by atoms with Crippen LogP contribution in [-0.4, -0.2) is 4.87 Å². The van der Waals surface area contributed by atoms with Gasteiger partial charge in [0.2, 0.25) is 0 Å². The highest BCUT2D eigenvalue weighted by Crippen LogP contribution is 2.46. The summed E-state index contributed by atoms with van der Waals surface area (Å²) in [5.41, 5.74) is 5.87. The van der Waals surface area contributed by atoms with Crippen LogP contribution in [-0.2, 0) is 0 Å². The first-order chi connectivity index (χ1) is 5.77. The summed E-state index contributed by atoms with van der Waals surface area (Å²) in [5.74, 6) is 0. The first kappa shape index (κ1) is 9.68. The molecule has 0 N–H and O–H groups in total. The van der Waals surface area contributed by atoms with E-state index in [0.717, 1.165) is 12.8 Å². The standard InChI is InChI=1S/C11H15Cl/c1-2-3-4-5-6-7-8-11(12)9-10-11/h2,5H,6-10H2,1H3. The maximum absolute atomic E-state index is 6.13. The third-order valence-electron chi connectivity index (χ3n) is 2.10. The lowest BCUT2D eigenvalue weighted by Crippen LogP contribution is -1.95. The topological polar surface area (TPSA) is 0 Å². The van der Waals surface area contributed by atoms with Crippen LogP contribution in [0.25, 0.3) is 0 Å². The summed E-state index contributed by atoms with van der Waals surface area (Å²) in [6.45, 7) is 1.94. The molecule has 0 aromatic heterocycles. The van der Waals surface area contributed by atoms with Crippen LogP contribution in [0.5, 0.6) is 0 Å². The Balaban J connectivity index is 2.07. The van der Waals surface area contributed by atoms with Crippen molar-refractivity contribution in [1.82, 2.24) is 0 Å². The van der Waals surface area contributed by atoms with Crippen molar-refractivity contribution in [2.75, 3.05) is 0 Å². The molecule has 1 saturated carbocycles. The third-order valence-corrected chi connectivity index (χ3v) is 2.66. The molecule has 0 nitrogen and oxygen atoms in total. The molecule has 0 bridgehead atoms. The predicted octanol–water partition coefficient (Wildman–Crippen LogP) is 3.81. The Hall–Kier alpha value is -0.410. The minimum atomic E-state index is 0.193. The summed E-state index contributed by atoms with van der Waals surface area (Å²) < 4.78 is 0. The van der Waals surface area contributed by atoms with Gasteiger partial charge >= 0.3 is 0 Å². The van der Waals surface area contributed by atoms with Gasteiger partial charge in [0, 0.05) is 4.87 Å². The van der Waals surface area contributed by atoms with E-state index in [9.17, 15) is 0 Å². The van der Waals surface area contributed by atoms with Crippen LogP contribution in [0.15, 0.2) is 23.6 Å². The van der Waals surface area contributed by atoms with E-state index in [1.165, 1.54) is 19.3 Å². The van der Waals surface area contributed by atoms with E-state index in [-0.39, 0.29) is 4.87 Å². The second-order valence-corrected chi connectivity index (χ2v) is 4.13. The molecule has 1 aliphatic rings. The van der Waals surface area contributed by atoms with Crippen molar-refractivity contribution in [2.45, 2.75) is 43.9 Å². The van der Waals surface area contributed by atoms with E-state index in [1.54, 1.807) is 0 Å². The SMILES string of the molecule is CC=C=C=CCCCC1(Cl)CC1. The summed E-state index contributed by atoms with van der Waals surface area (Å²) in [4.78, 5) is 0.193.